The lowest BCUT2D eigenvalue weighted by Gasteiger charge is -2.09. The molecule has 0 bridgehead atoms. The quantitative estimate of drug-likeness (QED) is 0.454. The maximum absolute atomic E-state index is 11.9. The second-order valence-corrected chi connectivity index (χ2v) is 6.24. The number of carbonyl (C=O) groups is 2. The number of benzene rings is 1. The van der Waals surface area contributed by atoms with E-state index in [1.165, 1.54) is 18.9 Å². The Morgan fingerprint density at radius 3 is 2.21 bits per heavy atom. The number of esters is 1. The minimum absolute atomic E-state index is 0.160. The summed E-state index contributed by atoms with van der Waals surface area (Å²) >= 11 is 1.42. The molecule has 1 aromatic rings. The van der Waals surface area contributed by atoms with Crippen LogP contribution < -0.4 is 0 Å². The molecular formula is C15H20O3S. The van der Waals surface area contributed by atoms with Gasteiger partial charge in [-0.1, -0.05) is 26.0 Å². The van der Waals surface area contributed by atoms with Crippen LogP contribution in [0.4, 0.5) is 0 Å². The zero-order valence-corrected chi connectivity index (χ0v) is 12.6. The predicted octanol–water partition coefficient (Wildman–Crippen LogP) is 3.57. The Morgan fingerprint density at radius 2 is 1.74 bits per heavy atom. The smallest absolute Gasteiger partial charge is 0.318 e. The molecular weight excluding hydrogens is 260 g/mol. The molecule has 0 spiro atoms. The van der Waals surface area contributed by atoms with Crippen LogP contribution in [0.1, 0.15) is 37.6 Å². The van der Waals surface area contributed by atoms with Gasteiger partial charge in [0, 0.05) is 16.9 Å². The molecule has 1 unspecified atom stereocenters. The lowest BCUT2D eigenvalue weighted by Crippen LogP contribution is -2.14. The summed E-state index contributed by atoms with van der Waals surface area (Å²) in [7, 11) is 1.38. The molecule has 0 aliphatic rings. The van der Waals surface area contributed by atoms with Gasteiger partial charge in [0.15, 0.2) is 5.78 Å². The van der Waals surface area contributed by atoms with Crippen LogP contribution in [0.5, 0.6) is 0 Å². The Morgan fingerprint density at radius 1 is 1.16 bits per heavy atom. The number of Topliss-reactive ketones (excluding diaryl/α,β-unsaturated/α-hetero) is 1. The topological polar surface area (TPSA) is 43.4 Å². The number of ether oxygens (including phenoxy) is 1. The zero-order valence-electron chi connectivity index (χ0n) is 11.8. The molecule has 3 nitrogen and oxygen atoms in total. The van der Waals surface area contributed by atoms with Crippen LogP contribution in [0.15, 0.2) is 29.2 Å². The third-order valence-corrected chi connectivity index (χ3v) is 3.71. The number of methoxy groups -OCH3 is 1. The summed E-state index contributed by atoms with van der Waals surface area (Å²) in [5, 5.41) is -0.248. The highest BCUT2D eigenvalue weighted by atomic mass is 32.2. The van der Waals surface area contributed by atoms with E-state index >= 15 is 0 Å². The first-order valence-corrected chi connectivity index (χ1v) is 7.19. The standard InChI is InChI=1S/C15H20O3S/c1-10(2)9-14(16)12-5-7-13(8-6-12)19-11(3)15(17)18-4/h5-8,10-11H,9H2,1-4H3. The van der Waals surface area contributed by atoms with Gasteiger partial charge < -0.3 is 4.74 Å². The van der Waals surface area contributed by atoms with Gasteiger partial charge in [-0.05, 0) is 25.0 Å². The van der Waals surface area contributed by atoms with Crippen molar-refractivity contribution in [2.75, 3.05) is 7.11 Å². The summed E-state index contributed by atoms with van der Waals surface area (Å²) < 4.78 is 4.68. The summed E-state index contributed by atoms with van der Waals surface area (Å²) in [6, 6.07) is 7.38. The van der Waals surface area contributed by atoms with Gasteiger partial charge >= 0.3 is 5.97 Å². The maximum atomic E-state index is 11.9. The summed E-state index contributed by atoms with van der Waals surface area (Å²) in [6.45, 7) is 5.86. The number of ketones is 1. The van der Waals surface area contributed by atoms with Crippen molar-refractivity contribution in [2.24, 2.45) is 5.92 Å². The van der Waals surface area contributed by atoms with Crippen molar-refractivity contribution >= 4 is 23.5 Å². The zero-order chi connectivity index (χ0) is 14.4. The molecule has 0 heterocycles. The van der Waals surface area contributed by atoms with E-state index in [0.717, 1.165) is 10.5 Å². The Bertz CT molecular complexity index is 437. The summed E-state index contributed by atoms with van der Waals surface area (Å²) in [6.07, 6.45) is 0.561. The molecule has 104 valence electrons. The lowest BCUT2D eigenvalue weighted by molar-refractivity contribution is -0.139. The van der Waals surface area contributed by atoms with Crippen molar-refractivity contribution in [1.82, 2.24) is 0 Å². The van der Waals surface area contributed by atoms with E-state index in [9.17, 15) is 9.59 Å². The van der Waals surface area contributed by atoms with Crippen molar-refractivity contribution in [3.05, 3.63) is 29.8 Å². The molecule has 19 heavy (non-hydrogen) atoms. The normalized spacial score (nSPS) is 12.3. The second kappa shape index (κ2) is 7.34. The highest BCUT2D eigenvalue weighted by Crippen LogP contribution is 2.24. The summed E-state index contributed by atoms with van der Waals surface area (Å²) in [5.41, 5.74) is 0.726. The summed E-state index contributed by atoms with van der Waals surface area (Å²) in [4.78, 5) is 24.1. The fourth-order valence-electron chi connectivity index (χ4n) is 1.63. The highest BCUT2D eigenvalue weighted by Gasteiger charge is 2.15. The van der Waals surface area contributed by atoms with Gasteiger partial charge in [0.05, 0.1) is 7.11 Å². The van der Waals surface area contributed by atoms with Crippen molar-refractivity contribution in [1.29, 1.82) is 0 Å². The first-order valence-electron chi connectivity index (χ1n) is 6.31. The van der Waals surface area contributed by atoms with E-state index in [2.05, 4.69) is 4.74 Å². The number of thioether (sulfide) groups is 1. The van der Waals surface area contributed by atoms with Crippen LogP contribution in [0.2, 0.25) is 0 Å². The van der Waals surface area contributed by atoms with E-state index < -0.39 is 0 Å². The van der Waals surface area contributed by atoms with Crippen molar-refractivity contribution < 1.29 is 14.3 Å². The van der Waals surface area contributed by atoms with E-state index in [-0.39, 0.29) is 17.0 Å². The lowest BCUT2D eigenvalue weighted by atomic mass is 10.0. The largest absolute Gasteiger partial charge is 0.468 e. The molecule has 0 saturated carbocycles. The van der Waals surface area contributed by atoms with Crippen LogP contribution in [0.3, 0.4) is 0 Å². The van der Waals surface area contributed by atoms with E-state index in [4.69, 9.17) is 0 Å². The summed E-state index contributed by atoms with van der Waals surface area (Å²) in [5.74, 6) is 0.276. The van der Waals surface area contributed by atoms with Crippen LogP contribution in [0, 0.1) is 5.92 Å². The van der Waals surface area contributed by atoms with Crippen molar-refractivity contribution in [2.45, 2.75) is 37.3 Å². The molecule has 0 aliphatic heterocycles. The van der Waals surface area contributed by atoms with Gasteiger partial charge in [0.25, 0.3) is 0 Å². The minimum Gasteiger partial charge on any atom is -0.468 e. The molecule has 0 fully saturated rings. The Balaban J connectivity index is 2.66. The Hall–Kier alpha value is -1.29. The Kier molecular flexibility index (Phi) is 6.09. The number of hydrogen-bond donors (Lipinski definition) is 0. The van der Waals surface area contributed by atoms with Gasteiger partial charge in [-0.2, -0.15) is 0 Å². The molecule has 4 heteroatoms. The fraction of sp³-hybridized carbons (Fsp3) is 0.467. The van der Waals surface area contributed by atoms with Gasteiger partial charge in [-0.3, -0.25) is 9.59 Å². The molecule has 0 saturated heterocycles. The number of carbonyl (C=O) groups excluding carboxylic acids is 2. The van der Waals surface area contributed by atoms with Crippen LogP contribution in [0.25, 0.3) is 0 Å². The highest BCUT2D eigenvalue weighted by molar-refractivity contribution is 8.00. The third-order valence-electron chi connectivity index (χ3n) is 2.62. The average molecular weight is 280 g/mol. The predicted molar refractivity (Wildman–Crippen MR) is 77.6 cm³/mol. The molecule has 0 N–H and O–H groups in total. The fourth-order valence-corrected chi connectivity index (χ4v) is 2.52. The van der Waals surface area contributed by atoms with E-state index in [1.807, 2.05) is 38.1 Å². The molecule has 0 amide bonds. The van der Waals surface area contributed by atoms with Gasteiger partial charge in [-0.25, -0.2) is 0 Å². The maximum Gasteiger partial charge on any atom is 0.318 e. The Labute approximate surface area is 118 Å². The van der Waals surface area contributed by atoms with Gasteiger partial charge in [0.1, 0.15) is 5.25 Å². The number of hydrogen-bond acceptors (Lipinski definition) is 4. The molecule has 0 aromatic heterocycles. The first-order chi connectivity index (χ1) is 8.93. The minimum atomic E-state index is -0.248. The SMILES string of the molecule is COC(=O)C(C)Sc1ccc(C(=O)CC(C)C)cc1. The molecule has 1 atom stereocenters. The van der Waals surface area contributed by atoms with Crippen molar-refractivity contribution in [3.63, 3.8) is 0 Å². The molecule has 0 radical (unpaired) electrons. The molecule has 1 rings (SSSR count). The van der Waals surface area contributed by atoms with E-state index in [0.29, 0.717) is 12.3 Å². The van der Waals surface area contributed by atoms with Crippen molar-refractivity contribution in [3.8, 4) is 0 Å². The number of rotatable bonds is 6. The second-order valence-electron chi connectivity index (χ2n) is 4.83. The van der Waals surface area contributed by atoms with E-state index in [1.54, 1.807) is 6.92 Å². The first kappa shape index (κ1) is 15.8. The monoisotopic (exact) mass is 280 g/mol. The van der Waals surface area contributed by atoms with Gasteiger partial charge in [-0.15, -0.1) is 11.8 Å². The molecule has 1 aromatic carbocycles. The van der Waals surface area contributed by atoms with Crippen LogP contribution in [-0.2, 0) is 9.53 Å². The molecule has 0 aliphatic carbocycles. The van der Waals surface area contributed by atoms with Crippen LogP contribution >= 0.6 is 11.8 Å². The average Bonchev–Trinajstić information content (AvgIpc) is 2.37. The third kappa shape index (κ3) is 5.07. The van der Waals surface area contributed by atoms with Crippen LogP contribution in [-0.4, -0.2) is 24.1 Å². The van der Waals surface area contributed by atoms with Gasteiger partial charge in [0.2, 0.25) is 0 Å².